The second kappa shape index (κ2) is 9.67. The molecule has 0 bridgehead atoms. The van der Waals surface area contributed by atoms with Gasteiger partial charge < -0.3 is 0 Å². The predicted molar refractivity (Wildman–Crippen MR) is 133 cm³/mol. The number of nitrogens with zero attached hydrogens (tertiary/aromatic N) is 2. The monoisotopic (exact) mass is 446 g/mol. The van der Waals surface area contributed by atoms with Crippen LogP contribution >= 0.6 is 23.1 Å². The average Bonchev–Trinajstić information content (AvgIpc) is 3.20. The summed E-state index contributed by atoms with van der Waals surface area (Å²) in [6, 6.07) is 24.4. The summed E-state index contributed by atoms with van der Waals surface area (Å²) in [5.74, 6) is -0.0233. The second-order valence-electron chi connectivity index (χ2n) is 7.72. The lowest BCUT2D eigenvalue weighted by molar-refractivity contribution is 0.0985. The average molecular weight is 447 g/mol. The molecule has 0 saturated carbocycles. The van der Waals surface area contributed by atoms with Crippen LogP contribution in [0.3, 0.4) is 0 Å². The topological polar surface area (TPSA) is 33.2 Å². The lowest BCUT2D eigenvalue weighted by Gasteiger charge is -2.20. The standard InChI is InChI=1S/C26H26N2OS2/c1-4-19-13-14-23-24(15-19)31-26(27-23)28(17-20-9-6-5-7-10-20)25(29)21-11-8-12-22(16-21)30-18(2)3/h5-16,18H,4,17H2,1-3H3. The molecule has 0 saturated heterocycles. The Morgan fingerprint density at radius 3 is 2.55 bits per heavy atom. The normalized spacial score (nSPS) is 11.2. The molecule has 0 N–H and O–H groups in total. The summed E-state index contributed by atoms with van der Waals surface area (Å²) in [6.07, 6.45) is 0.982. The predicted octanol–water partition coefficient (Wildman–Crippen LogP) is 7.21. The van der Waals surface area contributed by atoms with Crippen molar-refractivity contribution >= 4 is 44.4 Å². The van der Waals surface area contributed by atoms with E-state index in [0.717, 1.165) is 32.2 Å². The number of fused-ring (bicyclic) bond motifs is 1. The molecule has 1 heterocycles. The van der Waals surface area contributed by atoms with Gasteiger partial charge in [0.15, 0.2) is 5.13 Å². The zero-order chi connectivity index (χ0) is 21.8. The minimum absolute atomic E-state index is 0.0233. The molecule has 0 aliphatic heterocycles. The van der Waals surface area contributed by atoms with E-state index < -0.39 is 0 Å². The number of aromatic nitrogens is 1. The van der Waals surface area contributed by atoms with Crippen LogP contribution in [0.5, 0.6) is 0 Å². The van der Waals surface area contributed by atoms with Crippen LogP contribution in [0.15, 0.2) is 77.7 Å². The Morgan fingerprint density at radius 1 is 1.00 bits per heavy atom. The van der Waals surface area contributed by atoms with E-state index in [1.807, 2.05) is 53.4 Å². The number of amides is 1. The van der Waals surface area contributed by atoms with Gasteiger partial charge in [-0.1, -0.05) is 74.6 Å². The molecule has 4 rings (SSSR count). The Morgan fingerprint density at radius 2 is 1.81 bits per heavy atom. The number of anilines is 1. The molecule has 158 valence electrons. The Bertz CT molecular complexity index is 1180. The van der Waals surface area contributed by atoms with Crippen molar-refractivity contribution in [2.24, 2.45) is 0 Å². The summed E-state index contributed by atoms with van der Waals surface area (Å²) in [7, 11) is 0. The SMILES string of the molecule is CCc1ccc2nc(N(Cc3ccccc3)C(=O)c3cccc(SC(C)C)c3)sc2c1. The van der Waals surface area contributed by atoms with Gasteiger partial charge in [-0.25, -0.2) is 4.98 Å². The highest BCUT2D eigenvalue weighted by Gasteiger charge is 2.22. The van der Waals surface area contributed by atoms with E-state index in [1.54, 1.807) is 23.1 Å². The number of hydrogen-bond acceptors (Lipinski definition) is 4. The van der Waals surface area contributed by atoms with Crippen LogP contribution in [-0.4, -0.2) is 16.1 Å². The van der Waals surface area contributed by atoms with E-state index in [9.17, 15) is 4.79 Å². The highest BCUT2D eigenvalue weighted by molar-refractivity contribution is 7.99. The van der Waals surface area contributed by atoms with Crippen LogP contribution in [0, 0.1) is 0 Å². The molecular formula is C26H26N2OS2. The van der Waals surface area contributed by atoms with Crippen molar-refractivity contribution < 1.29 is 4.79 Å². The van der Waals surface area contributed by atoms with Gasteiger partial charge in [0.2, 0.25) is 0 Å². The number of thiazole rings is 1. The zero-order valence-corrected chi connectivity index (χ0v) is 19.7. The number of hydrogen-bond donors (Lipinski definition) is 0. The number of thioether (sulfide) groups is 1. The van der Waals surface area contributed by atoms with Crippen LogP contribution in [0.1, 0.15) is 42.3 Å². The van der Waals surface area contributed by atoms with Gasteiger partial charge in [-0.05, 0) is 47.9 Å². The number of aryl methyl sites for hydroxylation is 1. The van der Waals surface area contributed by atoms with Gasteiger partial charge in [0.25, 0.3) is 5.91 Å². The molecule has 0 unspecified atom stereocenters. The molecule has 3 nitrogen and oxygen atoms in total. The first-order valence-electron chi connectivity index (χ1n) is 10.6. The molecule has 0 aliphatic carbocycles. The van der Waals surface area contributed by atoms with Crippen molar-refractivity contribution in [3.8, 4) is 0 Å². The van der Waals surface area contributed by atoms with Gasteiger partial charge in [-0.3, -0.25) is 9.69 Å². The third kappa shape index (κ3) is 5.17. The van der Waals surface area contributed by atoms with Gasteiger partial charge in [-0.15, -0.1) is 11.8 Å². The first kappa shape index (κ1) is 21.6. The molecule has 1 aromatic heterocycles. The molecule has 3 aromatic carbocycles. The fourth-order valence-corrected chi connectivity index (χ4v) is 5.34. The van der Waals surface area contributed by atoms with Crippen molar-refractivity contribution in [2.75, 3.05) is 4.90 Å². The molecule has 4 aromatic rings. The Hall–Kier alpha value is -2.63. The van der Waals surface area contributed by atoms with Crippen LogP contribution in [-0.2, 0) is 13.0 Å². The first-order chi connectivity index (χ1) is 15.0. The molecule has 0 radical (unpaired) electrons. The van der Waals surface area contributed by atoms with Gasteiger partial charge in [0, 0.05) is 15.7 Å². The fraction of sp³-hybridized carbons (Fsp3) is 0.231. The van der Waals surface area contributed by atoms with E-state index in [-0.39, 0.29) is 5.91 Å². The summed E-state index contributed by atoms with van der Waals surface area (Å²) in [5.41, 5.74) is 3.99. The van der Waals surface area contributed by atoms with Gasteiger partial charge in [0.05, 0.1) is 16.8 Å². The number of carbonyl (C=O) groups excluding carboxylic acids is 1. The minimum Gasteiger partial charge on any atom is -0.279 e. The van der Waals surface area contributed by atoms with E-state index in [0.29, 0.717) is 17.4 Å². The van der Waals surface area contributed by atoms with Gasteiger partial charge in [0.1, 0.15) is 0 Å². The third-order valence-electron chi connectivity index (χ3n) is 4.96. The summed E-state index contributed by atoms with van der Waals surface area (Å²) in [6.45, 7) is 6.96. The molecule has 0 aliphatic rings. The van der Waals surface area contributed by atoms with E-state index >= 15 is 0 Å². The zero-order valence-electron chi connectivity index (χ0n) is 18.0. The summed E-state index contributed by atoms with van der Waals surface area (Å²) in [4.78, 5) is 21.4. The summed E-state index contributed by atoms with van der Waals surface area (Å²) in [5, 5.41) is 1.20. The first-order valence-corrected chi connectivity index (χ1v) is 12.2. The quantitative estimate of drug-likeness (QED) is 0.281. The lowest BCUT2D eigenvalue weighted by atomic mass is 10.1. The van der Waals surface area contributed by atoms with Gasteiger partial charge in [-0.2, -0.15) is 0 Å². The maximum atomic E-state index is 13.7. The van der Waals surface area contributed by atoms with E-state index in [2.05, 4.69) is 45.0 Å². The third-order valence-corrected chi connectivity index (χ3v) is 7.00. The lowest BCUT2D eigenvalue weighted by Crippen LogP contribution is -2.30. The summed E-state index contributed by atoms with van der Waals surface area (Å²) >= 11 is 3.35. The smallest absolute Gasteiger partial charge is 0.260 e. The van der Waals surface area contributed by atoms with Crippen LogP contribution in [0.2, 0.25) is 0 Å². The molecule has 1 amide bonds. The summed E-state index contributed by atoms with van der Waals surface area (Å²) < 4.78 is 1.12. The number of rotatable bonds is 7. The molecule has 31 heavy (non-hydrogen) atoms. The van der Waals surface area contributed by atoms with Crippen molar-refractivity contribution in [3.05, 3.63) is 89.5 Å². The van der Waals surface area contributed by atoms with Crippen molar-refractivity contribution in [1.29, 1.82) is 0 Å². The van der Waals surface area contributed by atoms with Crippen molar-refractivity contribution in [1.82, 2.24) is 4.98 Å². The van der Waals surface area contributed by atoms with Crippen molar-refractivity contribution in [3.63, 3.8) is 0 Å². The molecular weight excluding hydrogens is 420 g/mol. The maximum Gasteiger partial charge on any atom is 0.260 e. The Balaban J connectivity index is 1.73. The highest BCUT2D eigenvalue weighted by atomic mass is 32.2. The van der Waals surface area contributed by atoms with Crippen LogP contribution in [0.4, 0.5) is 5.13 Å². The fourth-order valence-electron chi connectivity index (χ4n) is 3.41. The molecule has 0 fully saturated rings. The molecule has 0 atom stereocenters. The largest absolute Gasteiger partial charge is 0.279 e. The van der Waals surface area contributed by atoms with Crippen LogP contribution < -0.4 is 4.90 Å². The Kier molecular flexibility index (Phi) is 6.73. The van der Waals surface area contributed by atoms with E-state index in [4.69, 9.17) is 4.98 Å². The maximum absolute atomic E-state index is 13.7. The Labute approximate surface area is 192 Å². The molecule has 5 heteroatoms. The van der Waals surface area contributed by atoms with Crippen LogP contribution in [0.25, 0.3) is 10.2 Å². The number of carbonyl (C=O) groups is 1. The van der Waals surface area contributed by atoms with Gasteiger partial charge >= 0.3 is 0 Å². The van der Waals surface area contributed by atoms with E-state index in [1.165, 1.54) is 5.56 Å². The van der Waals surface area contributed by atoms with Crippen molar-refractivity contribution in [2.45, 2.75) is 43.9 Å². The minimum atomic E-state index is -0.0233. The second-order valence-corrected chi connectivity index (χ2v) is 10.4. The number of benzene rings is 3. The highest BCUT2D eigenvalue weighted by Crippen LogP contribution is 2.32. The molecule has 0 spiro atoms.